The molecular weight excluding hydrogens is 400 g/mol. The first-order valence-electron chi connectivity index (χ1n) is 12.1. The van der Waals surface area contributed by atoms with Gasteiger partial charge in [0.25, 0.3) is 0 Å². The van der Waals surface area contributed by atoms with Crippen LogP contribution in [0.1, 0.15) is 79.1 Å². The highest BCUT2D eigenvalue weighted by Gasteiger charge is 2.25. The van der Waals surface area contributed by atoms with E-state index in [4.69, 9.17) is 5.73 Å². The standard InChI is InChI=1S/C13H21N.C10H13NOS.2C2H6/c1-3-8-13(4-2)9-7-12-14-10-5-6-11-14;11-10(12)6-8-5-7-3-1-2-4-9(7)13-8;2*1-2/h3-4,8H,1-2,5-7,9-12H2;2,4,8H,1,3,5-6H2,(H2,11,12);2*1-2H3/b13-8+;;;. The number of carbonyl (C=O) groups excluding carboxylic acids is 1. The molecule has 3 rings (SSSR count). The number of carbonyl (C=O) groups is 1. The molecule has 0 saturated carbocycles. The molecule has 2 aliphatic heterocycles. The van der Waals surface area contributed by atoms with E-state index >= 15 is 0 Å². The quantitative estimate of drug-likeness (QED) is 0.401. The lowest BCUT2D eigenvalue weighted by atomic mass is 10.00. The van der Waals surface area contributed by atoms with Crippen LogP contribution in [0.15, 0.2) is 59.6 Å². The van der Waals surface area contributed by atoms with Crippen molar-refractivity contribution in [3.8, 4) is 0 Å². The second-order valence-electron chi connectivity index (χ2n) is 7.36. The highest BCUT2D eigenvalue weighted by atomic mass is 32.2. The van der Waals surface area contributed by atoms with Gasteiger partial charge in [-0.3, -0.25) is 4.79 Å². The maximum absolute atomic E-state index is 10.7. The molecule has 2 N–H and O–H groups in total. The molecular formula is C27H46N2OS. The molecule has 176 valence electrons. The van der Waals surface area contributed by atoms with Gasteiger partial charge in [-0.2, -0.15) is 0 Å². The topological polar surface area (TPSA) is 46.3 Å². The zero-order valence-electron chi connectivity index (χ0n) is 20.5. The van der Waals surface area contributed by atoms with Gasteiger partial charge in [-0.25, -0.2) is 0 Å². The highest BCUT2D eigenvalue weighted by Crippen LogP contribution is 2.43. The van der Waals surface area contributed by atoms with Gasteiger partial charge in [0.15, 0.2) is 0 Å². The van der Waals surface area contributed by atoms with Crippen molar-refractivity contribution in [3.05, 3.63) is 59.6 Å². The summed E-state index contributed by atoms with van der Waals surface area (Å²) in [6.07, 6.45) is 19.3. The molecule has 0 aromatic rings. The molecule has 1 amide bonds. The van der Waals surface area contributed by atoms with Gasteiger partial charge in [0.1, 0.15) is 0 Å². The van der Waals surface area contributed by atoms with E-state index in [1.54, 1.807) is 0 Å². The molecule has 3 nitrogen and oxygen atoms in total. The van der Waals surface area contributed by atoms with Gasteiger partial charge in [0.05, 0.1) is 0 Å². The van der Waals surface area contributed by atoms with Crippen molar-refractivity contribution in [2.45, 2.75) is 84.3 Å². The fourth-order valence-corrected chi connectivity index (χ4v) is 5.18. The smallest absolute Gasteiger partial charge is 0.218 e. The monoisotopic (exact) mass is 446 g/mol. The van der Waals surface area contributed by atoms with Crippen LogP contribution in [-0.2, 0) is 4.79 Å². The van der Waals surface area contributed by atoms with E-state index in [2.05, 4.69) is 36.3 Å². The number of rotatable bonds is 8. The van der Waals surface area contributed by atoms with Gasteiger partial charge in [-0.05, 0) is 70.2 Å². The second kappa shape index (κ2) is 19.2. The van der Waals surface area contributed by atoms with Crippen LogP contribution < -0.4 is 5.73 Å². The Hall–Kier alpha value is -1.52. The predicted molar refractivity (Wildman–Crippen MR) is 141 cm³/mol. The third kappa shape index (κ3) is 12.8. The highest BCUT2D eigenvalue weighted by molar-refractivity contribution is 8.04. The van der Waals surface area contributed by atoms with Crippen molar-refractivity contribution in [1.82, 2.24) is 4.90 Å². The van der Waals surface area contributed by atoms with E-state index in [0.717, 1.165) is 19.3 Å². The Morgan fingerprint density at radius 3 is 2.45 bits per heavy atom. The van der Waals surface area contributed by atoms with Crippen molar-refractivity contribution in [2.24, 2.45) is 5.73 Å². The second-order valence-corrected chi connectivity index (χ2v) is 8.70. The number of hydrogen-bond acceptors (Lipinski definition) is 3. The zero-order chi connectivity index (χ0) is 23.5. The molecule has 0 radical (unpaired) electrons. The molecule has 1 aliphatic carbocycles. The van der Waals surface area contributed by atoms with Crippen molar-refractivity contribution >= 4 is 17.7 Å². The van der Waals surface area contributed by atoms with Gasteiger partial charge < -0.3 is 10.6 Å². The number of thioether (sulfide) groups is 1. The molecule has 3 aliphatic rings. The summed E-state index contributed by atoms with van der Waals surface area (Å²) in [4.78, 5) is 14.7. The van der Waals surface area contributed by atoms with Gasteiger partial charge in [0, 0.05) is 16.6 Å². The van der Waals surface area contributed by atoms with Gasteiger partial charge in [0.2, 0.25) is 5.91 Å². The molecule has 31 heavy (non-hydrogen) atoms. The maximum Gasteiger partial charge on any atom is 0.218 e. The molecule has 0 bridgehead atoms. The van der Waals surface area contributed by atoms with Gasteiger partial charge in [-0.1, -0.05) is 76.8 Å². The summed E-state index contributed by atoms with van der Waals surface area (Å²) in [5.74, 6) is -0.179. The summed E-state index contributed by atoms with van der Waals surface area (Å²) in [6, 6.07) is 0. The molecule has 1 fully saturated rings. The fourth-order valence-electron chi connectivity index (χ4n) is 3.77. The first kappa shape index (κ1) is 29.5. The van der Waals surface area contributed by atoms with Gasteiger partial charge in [-0.15, -0.1) is 11.8 Å². The van der Waals surface area contributed by atoms with E-state index in [1.807, 2.05) is 51.6 Å². The lowest BCUT2D eigenvalue weighted by Gasteiger charge is -2.13. The Morgan fingerprint density at radius 2 is 1.90 bits per heavy atom. The zero-order valence-corrected chi connectivity index (χ0v) is 21.3. The Bertz CT molecular complexity index is 613. The van der Waals surface area contributed by atoms with Crippen LogP contribution in [0.4, 0.5) is 0 Å². The molecule has 1 atom stereocenters. The maximum atomic E-state index is 10.7. The number of nitrogens with zero attached hydrogens (tertiary/aromatic N) is 1. The van der Waals surface area contributed by atoms with Crippen LogP contribution in [0.2, 0.25) is 0 Å². The SMILES string of the molecule is C=C/C=C(\C=C)CCCN1CCCC1.CC.CC.NC(=O)CC1CC2=C(C=CCC2)S1. The molecule has 0 aromatic heterocycles. The minimum Gasteiger partial charge on any atom is -0.370 e. The van der Waals surface area contributed by atoms with Gasteiger partial charge >= 0.3 is 0 Å². The minimum atomic E-state index is -0.179. The first-order valence-corrected chi connectivity index (χ1v) is 13.0. The Labute approximate surface area is 196 Å². The normalized spacial score (nSPS) is 19.7. The summed E-state index contributed by atoms with van der Waals surface area (Å²) in [6.45, 7) is 19.3. The van der Waals surface area contributed by atoms with E-state index in [9.17, 15) is 4.79 Å². The molecule has 1 unspecified atom stereocenters. The van der Waals surface area contributed by atoms with Crippen molar-refractivity contribution in [2.75, 3.05) is 19.6 Å². The summed E-state index contributed by atoms with van der Waals surface area (Å²) >= 11 is 1.81. The Balaban J connectivity index is 0.000000501. The van der Waals surface area contributed by atoms with E-state index < -0.39 is 0 Å². The van der Waals surface area contributed by atoms with Crippen molar-refractivity contribution < 1.29 is 4.79 Å². The molecule has 4 heteroatoms. The first-order chi connectivity index (χ1) is 15.1. The van der Waals surface area contributed by atoms with Crippen LogP contribution in [0, 0.1) is 0 Å². The van der Waals surface area contributed by atoms with Crippen LogP contribution >= 0.6 is 11.8 Å². The summed E-state index contributed by atoms with van der Waals surface area (Å²) < 4.78 is 0. The lowest BCUT2D eigenvalue weighted by molar-refractivity contribution is -0.117. The Morgan fingerprint density at radius 1 is 1.23 bits per heavy atom. The Kier molecular flexibility index (Phi) is 18.2. The number of allylic oxidation sites excluding steroid dienone is 7. The molecule has 0 spiro atoms. The van der Waals surface area contributed by atoms with Crippen LogP contribution in [0.25, 0.3) is 0 Å². The minimum absolute atomic E-state index is 0.179. The molecule has 0 aromatic carbocycles. The molecule has 1 saturated heterocycles. The number of likely N-dealkylation sites (tertiary alicyclic amines) is 1. The van der Waals surface area contributed by atoms with Crippen molar-refractivity contribution in [3.63, 3.8) is 0 Å². The van der Waals surface area contributed by atoms with E-state index in [1.165, 1.54) is 61.4 Å². The van der Waals surface area contributed by atoms with Crippen LogP contribution in [0.3, 0.4) is 0 Å². The summed E-state index contributed by atoms with van der Waals surface area (Å²) in [7, 11) is 0. The lowest BCUT2D eigenvalue weighted by Crippen LogP contribution is -2.20. The largest absolute Gasteiger partial charge is 0.370 e. The number of amides is 1. The van der Waals surface area contributed by atoms with Crippen LogP contribution in [-0.4, -0.2) is 35.7 Å². The third-order valence-electron chi connectivity index (χ3n) is 5.16. The average Bonchev–Trinajstić information content (AvgIpc) is 3.45. The number of hydrogen-bond donors (Lipinski definition) is 1. The average molecular weight is 447 g/mol. The third-order valence-corrected chi connectivity index (χ3v) is 6.50. The van der Waals surface area contributed by atoms with E-state index in [0.29, 0.717) is 11.7 Å². The fraction of sp³-hybridized carbons (Fsp3) is 0.593. The predicted octanol–water partition coefficient (Wildman–Crippen LogP) is 7.18. The van der Waals surface area contributed by atoms with Crippen LogP contribution in [0.5, 0.6) is 0 Å². The summed E-state index contributed by atoms with van der Waals surface area (Å²) in [5.41, 5.74) is 8.00. The number of nitrogens with two attached hydrogens (primary N) is 1. The van der Waals surface area contributed by atoms with E-state index in [-0.39, 0.29) is 5.91 Å². The number of primary amides is 1. The van der Waals surface area contributed by atoms with Crippen molar-refractivity contribution in [1.29, 1.82) is 0 Å². The molecule has 2 heterocycles. The summed E-state index contributed by atoms with van der Waals surface area (Å²) in [5, 5.41) is 0.408.